The van der Waals surface area contributed by atoms with Gasteiger partial charge in [-0.05, 0) is 26.0 Å². The number of benzene rings is 1. The van der Waals surface area contributed by atoms with E-state index in [0.717, 1.165) is 5.75 Å². The Kier molecular flexibility index (Phi) is 4.38. The molecule has 0 radical (unpaired) electrons. The standard InChI is InChI=1S/C13H18N4O3S/c1-13(2)8-16(5-6-21-13)12(18)10-7-9(15-14)3-4-11(10)17(19)20/h3-4,7,15H,5-6,8,14H2,1-2H3. The molecule has 0 saturated carbocycles. The van der Waals surface area contributed by atoms with Crippen LogP contribution in [0.5, 0.6) is 0 Å². The van der Waals surface area contributed by atoms with Gasteiger partial charge < -0.3 is 10.3 Å². The molecule has 0 spiro atoms. The summed E-state index contributed by atoms with van der Waals surface area (Å²) in [7, 11) is 0. The van der Waals surface area contributed by atoms with Crippen LogP contribution in [-0.4, -0.2) is 39.3 Å². The van der Waals surface area contributed by atoms with Crippen molar-refractivity contribution in [1.82, 2.24) is 4.90 Å². The second-order valence-corrected chi connectivity index (χ2v) is 7.27. The average molecular weight is 310 g/mol. The lowest BCUT2D eigenvalue weighted by atomic mass is 10.1. The number of nitrogens with two attached hydrogens (primary N) is 1. The third-order valence-electron chi connectivity index (χ3n) is 3.30. The van der Waals surface area contributed by atoms with Gasteiger partial charge in [0.05, 0.1) is 4.92 Å². The molecular formula is C13H18N4O3S. The van der Waals surface area contributed by atoms with E-state index in [4.69, 9.17) is 5.84 Å². The van der Waals surface area contributed by atoms with Crippen LogP contribution in [0, 0.1) is 10.1 Å². The van der Waals surface area contributed by atoms with E-state index in [-0.39, 0.29) is 21.9 Å². The van der Waals surface area contributed by atoms with Gasteiger partial charge in [-0.1, -0.05) is 0 Å². The molecule has 114 valence electrons. The fraction of sp³-hybridized carbons (Fsp3) is 0.462. The Labute approximate surface area is 127 Å². The summed E-state index contributed by atoms with van der Waals surface area (Å²) in [5.41, 5.74) is 2.75. The third kappa shape index (κ3) is 3.45. The maximum absolute atomic E-state index is 12.6. The highest BCUT2D eigenvalue weighted by molar-refractivity contribution is 8.00. The number of hydrazine groups is 1. The van der Waals surface area contributed by atoms with E-state index in [2.05, 4.69) is 19.3 Å². The van der Waals surface area contributed by atoms with Gasteiger partial charge in [-0.15, -0.1) is 0 Å². The molecule has 1 amide bonds. The zero-order valence-electron chi connectivity index (χ0n) is 12.0. The summed E-state index contributed by atoms with van der Waals surface area (Å²) in [6.07, 6.45) is 0. The number of nitrogens with zero attached hydrogens (tertiary/aromatic N) is 2. The van der Waals surface area contributed by atoms with Crippen molar-refractivity contribution >= 4 is 29.0 Å². The Bertz CT molecular complexity index is 577. The molecule has 7 nitrogen and oxygen atoms in total. The molecule has 1 heterocycles. The van der Waals surface area contributed by atoms with Crippen LogP contribution in [0.4, 0.5) is 11.4 Å². The van der Waals surface area contributed by atoms with Crippen LogP contribution in [-0.2, 0) is 0 Å². The Hall–Kier alpha value is -1.80. The first-order valence-electron chi connectivity index (χ1n) is 6.52. The monoisotopic (exact) mass is 310 g/mol. The molecule has 1 aromatic carbocycles. The van der Waals surface area contributed by atoms with Gasteiger partial charge in [0.2, 0.25) is 0 Å². The predicted octanol–water partition coefficient (Wildman–Crippen LogP) is 1.85. The molecule has 0 unspecified atom stereocenters. The number of thioether (sulfide) groups is 1. The Morgan fingerprint density at radius 3 is 2.81 bits per heavy atom. The van der Waals surface area contributed by atoms with Crippen LogP contribution in [0.2, 0.25) is 0 Å². The fourth-order valence-corrected chi connectivity index (χ4v) is 3.43. The molecule has 1 saturated heterocycles. The van der Waals surface area contributed by atoms with E-state index >= 15 is 0 Å². The number of nitrogens with one attached hydrogen (secondary N) is 1. The first-order valence-corrected chi connectivity index (χ1v) is 7.51. The number of carbonyl (C=O) groups is 1. The van der Waals surface area contributed by atoms with E-state index < -0.39 is 4.92 Å². The highest BCUT2D eigenvalue weighted by Crippen LogP contribution is 2.31. The number of hydrogen-bond donors (Lipinski definition) is 2. The molecule has 1 aliphatic heterocycles. The van der Waals surface area contributed by atoms with Crippen LogP contribution in [0.3, 0.4) is 0 Å². The zero-order chi connectivity index (χ0) is 15.6. The van der Waals surface area contributed by atoms with Gasteiger partial charge in [-0.25, -0.2) is 0 Å². The largest absolute Gasteiger partial charge is 0.336 e. The highest BCUT2D eigenvalue weighted by atomic mass is 32.2. The first kappa shape index (κ1) is 15.6. The number of nitro benzene ring substituents is 1. The van der Waals surface area contributed by atoms with Crippen molar-refractivity contribution < 1.29 is 9.72 Å². The summed E-state index contributed by atoms with van der Waals surface area (Å²) in [5, 5.41) is 11.1. The first-order chi connectivity index (χ1) is 9.84. The van der Waals surface area contributed by atoms with Crippen molar-refractivity contribution in [1.29, 1.82) is 0 Å². The molecule has 1 aliphatic rings. The molecule has 0 atom stereocenters. The summed E-state index contributed by atoms with van der Waals surface area (Å²) >= 11 is 1.79. The Morgan fingerprint density at radius 1 is 1.52 bits per heavy atom. The van der Waals surface area contributed by atoms with Crippen molar-refractivity contribution in [2.75, 3.05) is 24.3 Å². The lowest BCUT2D eigenvalue weighted by Gasteiger charge is -2.37. The maximum atomic E-state index is 12.6. The fourth-order valence-electron chi connectivity index (χ4n) is 2.32. The smallest absolute Gasteiger partial charge is 0.282 e. The molecule has 21 heavy (non-hydrogen) atoms. The third-order valence-corrected chi connectivity index (χ3v) is 4.60. The molecule has 8 heteroatoms. The van der Waals surface area contributed by atoms with Gasteiger partial charge in [-0.3, -0.25) is 20.8 Å². The topological polar surface area (TPSA) is 102 Å². The van der Waals surface area contributed by atoms with E-state index in [9.17, 15) is 14.9 Å². The second-order valence-electron chi connectivity index (χ2n) is 5.47. The number of amides is 1. The van der Waals surface area contributed by atoms with Crippen LogP contribution < -0.4 is 11.3 Å². The molecule has 1 aromatic rings. The summed E-state index contributed by atoms with van der Waals surface area (Å²) in [5.74, 6) is 5.81. The molecular weight excluding hydrogens is 292 g/mol. The van der Waals surface area contributed by atoms with Crippen LogP contribution in [0.15, 0.2) is 18.2 Å². The normalized spacial score (nSPS) is 17.4. The minimum absolute atomic E-state index is 0.0492. The zero-order valence-corrected chi connectivity index (χ0v) is 12.8. The minimum Gasteiger partial charge on any atom is -0.336 e. The van der Waals surface area contributed by atoms with Crippen LogP contribution in [0.1, 0.15) is 24.2 Å². The molecule has 2 rings (SSSR count). The van der Waals surface area contributed by atoms with Crippen LogP contribution in [0.25, 0.3) is 0 Å². The second kappa shape index (κ2) is 5.90. The summed E-state index contributed by atoms with van der Waals surface area (Å²) in [6.45, 7) is 5.27. The number of carbonyl (C=O) groups excluding carboxylic acids is 1. The van der Waals surface area contributed by atoms with Gasteiger partial charge in [0, 0.05) is 35.3 Å². The number of nitro groups is 1. The quantitative estimate of drug-likeness (QED) is 0.502. The van der Waals surface area contributed by atoms with Gasteiger partial charge in [-0.2, -0.15) is 11.8 Å². The number of nitrogen functional groups attached to an aromatic ring is 1. The van der Waals surface area contributed by atoms with Gasteiger partial charge in [0.1, 0.15) is 5.56 Å². The van der Waals surface area contributed by atoms with Gasteiger partial charge >= 0.3 is 0 Å². The molecule has 3 N–H and O–H groups in total. The minimum atomic E-state index is -0.544. The highest BCUT2D eigenvalue weighted by Gasteiger charge is 2.32. The molecule has 0 bridgehead atoms. The Balaban J connectivity index is 2.35. The summed E-state index contributed by atoms with van der Waals surface area (Å²) in [6, 6.07) is 4.20. The SMILES string of the molecule is CC1(C)CN(C(=O)c2cc(NN)ccc2[N+](=O)[O-])CCS1. The van der Waals surface area contributed by atoms with E-state index in [1.54, 1.807) is 16.7 Å². The molecule has 1 fully saturated rings. The van der Waals surface area contributed by atoms with Gasteiger partial charge in [0.25, 0.3) is 11.6 Å². The number of anilines is 1. The average Bonchev–Trinajstić information content (AvgIpc) is 2.44. The predicted molar refractivity (Wildman–Crippen MR) is 83.3 cm³/mol. The molecule has 0 aliphatic carbocycles. The van der Waals surface area contributed by atoms with Crippen LogP contribution >= 0.6 is 11.8 Å². The molecule has 0 aromatic heterocycles. The number of rotatable bonds is 3. The lowest BCUT2D eigenvalue weighted by molar-refractivity contribution is -0.385. The van der Waals surface area contributed by atoms with Gasteiger partial charge in [0.15, 0.2) is 0 Å². The van der Waals surface area contributed by atoms with Crippen molar-refractivity contribution in [2.45, 2.75) is 18.6 Å². The van der Waals surface area contributed by atoms with Crippen molar-refractivity contribution in [3.63, 3.8) is 0 Å². The maximum Gasteiger partial charge on any atom is 0.282 e. The van der Waals surface area contributed by atoms with E-state index in [1.165, 1.54) is 18.2 Å². The lowest BCUT2D eigenvalue weighted by Crippen LogP contribution is -2.46. The van der Waals surface area contributed by atoms with E-state index in [0.29, 0.717) is 18.8 Å². The summed E-state index contributed by atoms with van der Waals surface area (Å²) in [4.78, 5) is 24.9. The van der Waals surface area contributed by atoms with Crippen molar-refractivity contribution in [2.24, 2.45) is 5.84 Å². The summed E-state index contributed by atoms with van der Waals surface area (Å²) < 4.78 is -0.0492. The Morgan fingerprint density at radius 2 is 2.24 bits per heavy atom. The van der Waals surface area contributed by atoms with E-state index in [1.807, 2.05) is 0 Å². The van der Waals surface area contributed by atoms with Crippen molar-refractivity contribution in [3.05, 3.63) is 33.9 Å². The van der Waals surface area contributed by atoms with Crippen molar-refractivity contribution in [3.8, 4) is 0 Å². The number of hydrogen-bond acceptors (Lipinski definition) is 6.